The van der Waals surface area contributed by atoms with Gasteiger partial charge in [0.15, 0.2) is 6.61 Å². The van der Waals surface area contributed by atoms with Gasteiger partial charge in [-0.25, -0.2) is 8.42 Å². The SMILES string of the molecule is CN(c1ccc(OCC(=O)N2CCCCC2C(=O)N2CCCC2)cc1)S(=O)(=O)c1cccs1. The molecule has 2 aliphatic heterocycles. The summed E-state index contributed by atoms with van der Waals surface area (Å²) in [6.07, 6.45) is 4.57. The number of likely N-dealkylation sites (tertiary alicyclic amines) is 2. The van der Waals surface area contributed by atoms with Crippen LogP contribution in [0.3, 0.4) is 0 Å². The number of carbonyl (C=O) groups is 2. The molecule has 0 spiro atoms. The molecule has 2 amide bonds. The van der Waals surface area contributed by atoms with Crippen LogP contribution in [0.25, 0.3) is 0 Å². The van der Waals surface area contributed by atoms with Crippen LogP contribution in [0, 0.1) is 0 Å². The third-order valence-corrected chi connectivity index (χ3v) is 9.36. The van der Waals surface area contributed by atoms with Crippen LogP contribution in [0.1, 0.15) is 32.1 Å². The van der Waals surface area contributed by atoms with E-state index in [9.17, 15) is 18.0 Å². The molecule has 2 fully saturated rings. The Bertz CT molecular complexity index is 1060. The molecule has 1 atom stereocenters. The molecule has 0 bridgehead atoms. The molecule has 0 radical (unpaired) electrons. The number of carbonyl (C=O) groups excluding carboxylic acids is 2. The number of benzene rings is 1. The third-order valence-electron chi connectivity index (χ3n) is 6.20. The van der Waals surface area contributed by atoms with E-state index in [0.29, 0.717) is 24.4 Å². The molecule has 1 aromatic carbocycles. The second-order valence-corrected chi connectivity index (χ2v) is 11.5. The molecule has 4 rings (SSSR count). The third kappa shape index (κ3) is 5.16. The van der Waals surface area contributed by atoms with Crippen LogP contribution >= 0.6 is 11.3 Å². The van der Waals surface area contributed by atoms with Gasteiger partial charge >= 0.3 is 0 Å². The van der Waals surface area contributed by atoms with E-state index >= 15 is 0 Å². The van der Waals surface area contributed by atoms with E-state index < -0.39 is 16.1 Å². The lowest BCUT2D eigenvalue weighted by atomic mass is 10.0. The summed E-state index contributed by atoms with van der Waals surface area (Å²) in [7, 11) is -2.11. The van der Waals surface area contributed by atoms with E-state index in [2.05, 4.69) is 0 Å². The topological polar surface area (TPSA) is 87.2 Å². The van der Waals surface area contributed by atoms with Crippen molar-refractivity contribution >= 4 is 38.9 Å². The second kappa shape index (κ2) is 10.1. The van der Waals surface area contributed by atoms with E-state index in [0.717, 1.165) is 38.8 Å². The molecular formula is C23H29N3O5S2. The number of sulfonamides is 1. The number of hydrogen-bond donors (Lipinski definition) is 0. The zero-order chi connectivity index (χ0) is 23.4. The Morgan fingerprint density at radius 3 is 2.42 bits per heavy atom. The van der Waals surface area contributed by atoms with Gasteiger partial charge in [0.2, 0.25) is 5.91 Å². The number of anilines is 1. The van der Waals surface area contributed by atoms with Crippen molar-refractivity contribution in [1.29, 1.82) is 0 Å². The van der Waals surface area contributed by atoms with Gasteiger partial charge in [-0.15, -0.1) is 11.3 Å². The highest BCUT2D eigenvalue weighted by Gasteiger charge is 2.35. The molecule has 33 heavy (non-hydrogen) atoms. The maximum absolute atomic E-state index is 12.9. The minimum Gasteiger partial charge on any atom is -0.484 e. The minimum absolute atomic E-state index is 0.0555. The Morgan fingerprint density at radius 1 is 1.06 bits per heavy atom. The van der Waals surface area contributed by atoms with Crippen molar-refractivity contribution in [3.8, 4) is 5.75 Å². The average Bonchev–Trinajstić information content (AvgIpc) is 3.57. The summed E-state index contributed by atoms with van der Waals surface area (Å²) in [5.74, 6) is 0.321. The predicted molar refractivity (Wildman–Crippen MR) is 127 cm³/mol. The summed E-state index contributed by atoms with van der Waals surface area (Å²) in [4.78, 5) is 29.3. The first-order valence-electron chi connectivity index (χ1n) is 11.2. The molecule has 8 nitrogen and oxygen atoms in total. The Kier molecular flexibility index (Phi) is 7.23. The smallest absolute Gasteiger partial charge is 0.273 e. The van der Waals surface area contributed by atoms with Crippen LogP contribution in [0.5, 0.6) is 5.75 Å². The summed E-state index contributed by atoms with van der Waals surface area (Å²) < 4.78 is 32.5. The van der Waals surface area contributed by atoms with Crippen molar-refractivity contribution in [1.82, 2.24) is 9.80 Å². The molecule has 2 aliphatic rings. The van der Waals surface area contributed by atoms with Gasteiger partial charge in [0, 0.05) is 26.7 Å². The number of thiophene rings is 1. The molecule has 0 N–H and O–H groups in total. The number of rotatable bonds is 7. The van der Waals surface area contributed by atoms with Gasteiger partial charge in [-0.3, -0.25) is 13.9 Å². The molecule has 1 aromatic heterocycles. The summed E-state index contributed by atoms with van der Waals surface area (Å²) in [5, 5.41) is 1.72. The lowest BCUT2D eigenvalue weighted by molar-refractivity contribution is -0.148. The lowest BCUT2D eigenvalue weighted by Crippen LogP contribution is -2.53. The van der Waals surface area contributed by atoms with Crippen molar-refractivity contribution in [3.63, 3.8) is 0 Å². The van der Waals surface area contributed by atoms with E-state index in [1.54, 1.807) is 46.7 Å². The molecule has 3 heterocycles. The maximum atomic E-state index is 12.9. The fourth-order valence-corrected chi connectivity index (χ4v) is 6.66. The summed E-state index contributed by atoms with van der Waals surface area (Å²) in [6.45, 7) is 1.96. The van der Waals surface area contributed by atoms with Crippen molar-refractivity contribution in [3.05, 3.63) is 41.8 Å². The number of amides is 2. The van der Waals surface area contributed by atoms with E-state index in [1.807, 2.05) is 4.90 Å². The largest absolute Gasteiger partial charge is 0.484 e. The normalized spacial score (nSPS) is 18.9. The second-order valence-electron chi connectivity index (χ2n) is 8.32. The number of piperidine rings is 1. The molecule has 2 saturated heterocycles. The van der Waals surface area contributed by atoms with Crippen LogP contribution in [-0.2, 0) is 19.6 Å². The van der Waals surface area contributed by atoms with E-state index in [-0.39, 0.29) is 22.6 Å². The molecule has 2 aromatic rings. The van der Waals surface area contributed by atoms with E-state index in [1.165, 1.54) is 22.7 Å². The molecule has 1 unspecified atom stereocenters. The first-order valence-corrected chi connectivity index (χ1v) is 13.5. The van der Waals surface area contributed by atoms with E-state index in [4.69, 9.17) is 4.74 Å². The van der Waals surface area contributed by atoms with Gasteiger partial charge in [0.05, 0.1) is 5.69 Å². The molecule has 10 heteroatoms. The Balaban J connectivity index is 1.36. The van der Waals surface area contributed by atoms with Crippen molar-refractivity contribution < 1.29 is 22.7 Å². The molecule has 178 valence electrons. The number of nitrogens with zero attached hydrogens (tertiary/aromatic N) is 3. The lowest BCUT2D eigenvalue weighted by Gasteiger charge is -2.36. The predicted octanol–water partition coefficient (Wildman–Crippen LogP) is 2.96. The highest BCUT2D eigenvalue weighted by atomic mass is 32.2. The number of hydrogen-bond acceptors (Lipinski definition) is 6. The van der Waals surface area contributed by atoms with Crippen molar-refractivity contribution in [2.75, 3.05) is 37.6 Å². The first-order chi connectivity index (χ1) is 15.9. The summed E-state index contributed by atoms with van der Waals surface area (Å²) >= 11 is 1.17. The molecule has 0 saturated carbocycles. The minimum atomic E-state index is -3.61. The van der Waals surface area contributed by atoms with Crippen molar-refractivity contribution in [2.24, 2.45) is 0 Å². The summed E-state index contributed by atoms with van der Waals surface area (Å²) in [6, 6.07) is 9.45. The first kappa shape index (κ1) is 23.6. The molecule has 0 aliphatic carbocycles. The fourth-order valence-electron chi connectivity index (χ4n) is 4.30. The zero-order valence-corrected chi connectivity index (χ0v) is 20.3. The van der Waals surface area contributed by atoms with Gasteiger partial charge in [0.25, 0.3) is 15.9 Å². The van der Waals surface area contributed by atoms with Crippen LogP contribution < -0.4 is 9.04 Å². The van der Waals surface area contributed by atoms with Crippen LogP contribution in [0.4, 0.5) is 5.69 Å². The Morgan fingerprint density at radius 2 is 1.76 bits per heavy atom. The van der Waals surface area contributed by atoms with Gasteiger partial charge in [0.1, 0.15) is 16.0 Å². The summed E-state index contributed by atoms with van der Waals surface area (Å²) in [5.41, 5.74) is 0.495. The average molecular weight is 492 g/mol. The van der Waals surface area contributed by atoms with Gasteiger partial charge in [-0.1, -0.05) is 6.07 Å². The zero-order valence-electron chi connectivity index (χ0n) is 18.7. The van der Waals surface area contributed by atoms with Crippen LogP contribution in [0.15, 0.2) is 46.0 Å². The van der Waals surface area contributed by atoms with Gasteiger partial charge in [-0.05, 0) is 67.8 Å². The van der Waals surface area contributed by atoms with Crippen LogP contribution in [0.2, 0.25) is 0 Å². The highest BCUT2D eigenvalue weighted by Crippen LogP contribution is 2.27. The van der Waals surface area contributed by atoms with Gasteiger partial charge < -0.3 is 14.5 Å². The fraction of sp³-hybridized carbons (Fsp3) is 0.478. The van der Waals surface area contributed by atoms with Crippen LogP contribution in [-0.4, -0.2) is 69.4 Å². The maximum Gasteiger partial charge on any atom is 0.273 e. The monoisotopic (exact) mass is 491 g/mol. The number of ether oxygens (including phenoxy) is 1. The van der Waals surface area contributed by atoms with Gasteiger partial charge in [-0.2, -0.15) is 0 Å². The standard InChI is InChI=1S/C23H29N3O5S2/c1-24(33(29,30)22-8-6-16-32-22)18-9-11-19(12-10-18)31-17-21(27)26-15-3-2-7-20(26)23(28)25-13-4-5-14-25/h6,8-12,16,20H,2-5,7,13-15,17H2,1H3. The van der Waals surface area contributed by atoms with Crippen molar-refractivity contribution in [2.45, 2.75) is 42.4 Å². The quantitative estimate of drug-likeness (QED) is 0.594. The Labute approximate surface area is 198 Å². The Hall–Kier alpha value is -2.59. The molecular weight excluding hydrogens is 462 g/mol. The highest BCUT2D eigenvalue weighted by molar-refractivity contribution is 7.94.